The highest BCUT2D eigenvalue weighted by molar-refractivity contribution is 5.92. The minimum Gasteiger partial charge on any atom is -0.481 e. The molecule has 4 rings (SSSR count). The first-order chi connectivity index (χ1) is 12.0. The Balaban J connectivity index is 1.45. The van der Waals surface area contributed by atoms with Gasteiger partial charge < -0.3 is 14.4 Å². The maximum absolute atomic E-state index is 13.8. The smallest absolute Gasteiger partial charge is 0.307 e. The molecular formula is C19H18FNO4. The number of furan rings is 1. The van der Waals surface area contributed by atoms with Crippen molar-refractivity contribution >= 4 is 11.9 Å². The zero-order valence-electron chi connectivity index (χ0n) is 13.6. The fourth-order valence-corrected chi connectivity index (χ4v) is 3.82. The summed E-state index contributed by atoms with van der Waals surface area (Å²) in [4.78, 5) is 25.4. The van der Waals surface area contributed by atoms with Gasteiger partial charge in [-0.25, -0.2) is 4.39 Å². The molecule has 6 heteroatoms. The topological polar surface area (TPSA) is 70.8 Å². The van der Waals surface area contributed by atoms with Crippen molar-refractivity contribution in [2.24, 2.45) is 11.3 Å². The maximum Gasteiger partial charge on any atom is 0.307 e. The van der Waals surface area contributed by atoms with Crippen molar-refractivity contribution in [2.45, 2.75) is 19.3 Å². The maximum atomic E-state index is 13.8. The van der Waals surface area contributed by atoms with E-state index in [0.29, 0.717) is 43.7 Å². The van der Waals surface area contributed by atoms with Crippen LogP contribution in [-0.4, -0.2) is 35.0 Å². The van der Waals surface area contributed by atoms with Crippen LogP contribution in [0.4, 0.5) is 4.39 Å². The molecule has 1 atom stereocenters. The summed E-state index contributed by atoms with van der Waals surface area (Å²) >= 11 is 0. The monoisotopic (exact) mass is 343 g/mol. The van der Waals surface area contributed by atoms with Gasteiger partial charge in [-0.3, -0.25) is 9.59 Å². The van der Waals surface area contributed by atoms with Crippen molar-refractivity contribution in [3.63, 3.8) is 0 Å². The van der Waals surface area contributed by atoms with Crippen LogP contribution in [0.15, 0.2) is 40.8 Å². The van der Waals surface area contributed by atoms with Crippen molar-refractivity contribution in [2.75, 3.05) is 13.1 Å². The fourth-order valence-electron chi connectivity index (χ4n) is 3.82. The van der Waals surface area contributed by atoms with Crippen LogP contribution in [0.25, 0.3) is 11.3 Å². The number of hydrogen-bond acceptors (Lipinski definition) is 3. The number of nitrogens with zero attached hydrogens (tertiary/aromatic N) is 1. The van der Waals surface area contributed by atoms with Crippen molar-refractivity contribution in [3.05, 3.63) is 48.0 Å². The van der Waals surface area contributed by atoms with Gasteiger partial charge in [-0.1, -0.05) is 12.1 Å². The van der Waals surface area contributed by atoms with Crippen LogP contribution in [0.2, 0.25) is 0 Å². The second-order valence-corrected chi connectivity index (χ2v) is 6.89. The molecule has 1 aliphatic carbocycles. The van der Waals surface area contributed by atoms with E-state index in [1.807, 2.05) is 0 Å². The number of carbonyl (C=O) groups is 2. The van der Waals surface area contributed by atoms with Crippen LogP contribution < -0.4 is 0 Å². The van der Waals surface area contributed by atoms with E-state index in [1.54, 1.807) is 35.2 Å². The lowest BCUT2D eigenvalue weighted by atomic mass is 9.90. The molecule has 2 aliphatic rings. The van der Waals surface area contributed by atoms with Gasteiger partial charge in [-0.15, -0.1) is 0 Å². The van der Waals surface area contributed by atoms with E-state index < -0.39 is 11.8 Å². The van der Waals surface area contributed by atoms with E-state index in [0.717, 1.165) is 0 Å². The Kier molecular flexibility index (Phi) is 3.63. The lowest BCUT2D eigenvalue weighted by Gasteiger charge is -2.32. The summed E-state index contributed by atoms with van der Waals surface area (Å²) in [7, 11) is 0. The molecule has 1 spiro atoms. The van der Waals surface area contributed by atoms with E-state index in [4.69, 9.17) is 9.52 Å². The Morgan fingerprint density at radius 2 is 1.88 bits per heavy atom. The number of carbonyl (C=O) groups excluding carboxylic acids is 1. The third kappa shape index (κ3) is 2.71. The molecule has 0 bridgehead atoms. The number of aliphatic carboxylic acids is 1. The van der Waals surface area contributed by atoms with Crippen LogP contribution in [0.1, 0.15) is 29.8 Å². The zero-order chi connectivity index (χ0) is 17.6. The third-order valence-corrected chi connectivity index (χ3v) is 5.49. The van der Waals surface area contributed by atoms with Gasteiger partial charge in [0.1, 0.15) is 11.6 Å². The van der Waals surface area contributed by atoms with Crippen molar-refractivity contribution < 1.29 is 23.5 Å². The van der Waals surface area contributed by atoms with Crippen molar-refractivity contribution in [1.29, 1.82) is 0 Å². The van der Waals surface area contributed by atoms with Crippen molar-refractivity contribution in [3.8, 4) is 11.3 Å². The van der Waals surface area contributed by atoms with Gasteiger partial charge in [-0.05, 0) is 48.9 Å². The Morgan fingerprint density at radius 1 is 1.16 bits per heavy atom. The van der Waals surface area contributed by atoms with E-state index in [-0.39, 0.29) is 23.0 Å². The molecule has 2 heterocycles. The molecule has 130 valence electrons. The lowest BCUT2D eigenvalue weighted by Crippen LogP contribution is -2.39. The summed E-state index contributed by atoms with van der Waals surface area (Å²) < 4.78 is 19.4. The van der Waals surface area contributed by atoms with Crippen LogP contribution in [0.5, 0.6) is 0 Å². The molecule has 1 N–H and O–H groups in total. The summed E-state index contributed by atoms with van der Waals surface area (Å²) in [6, 6.07) is 9.41. The number of amides is 1. The number of carboxylic acids is 1. The zero-order valence-corrected chi connectivity index (χ0v) is 13.6. The molecule has 5 nitrogen and oxygen atoms in total. The molecule has 1 aromatic heterocycles. The van der Waals surface area contributed by atoms with Crippen LogP contribution in [0, 0.1) is 17.2 Å². The number of halogens is 1. The van der Waals surface area contributed by atoms with Crippen LogP contribution in [0.3, 0.4) is 0 Å². The predicted octanol–water partition coefficient (Wildman–Crippen LogP) is 3.41. The number of piperidine rings is 1. The molecule has 2 fully saturated rings. The molecule has 1 saturated carbocycles. The largest absolute Gasteiger partial charge is 0.481 e. The molecule has 1 aliphatic heterocycles. The Labute approximate surface area is 144 Å². The van der Waals surface area contributed by atoms with E-state index in [1.165, 1.54) is 6.07 Å². The standard InChI is InChI=1S/C19H18FNO4/c20-14-4-2-1-3-12(14)15-5-6-16(25-15)17(22)21-9-7-19(8-10-21)11-13(19)18(23)24/h1-6,13H,7-11H2,(H,23,24). The lowest BCUT2D eigenvalue weighted by molar-refractivity contribution is -0.139. The molecule has 1 saturated heterocycles. The quantitative estimate of drug-likeness (QED) is 0.927. The minimum absolute atomic E-state index is 0.121. The van der Waals surface area contributed by atoms with E-state index in [9.17, 15) is 14.0 Å². The normalized spacial score (nSPS) is 21.3. The van der Waals surface area contributed by atoms with Gasteiger partial charge in [0.25, 0.3) is 5.91 Å². The minimum atomic E-state index is -0.736. The SMILES string of the molecule is O=C(O)C1CC12CCN(C(=O)c1ccc(-c3ccccc3F)o1)CC2. The van der Waals surface area contributed by atoms with Gasteiger partial charge in [0.2, 0.25) is 0 Å². The van der Waals surface area contributed by atoms with Gasteiger partial charge in [0.05, 0.1) is 11.5 Å². The number of hydrogen-bond donors (Lipinski definition) is 1. The molecule has 1 amide bonds. The molecule has 1 aromatic carbocycles. The highest BCUT2D eigenvalue weighted by Gasteiger charge is 2.59. The van der Waals surface area contributed by atoms with Gasteiger partial charge >= 0.3 is 5.97 Å². The summed E-state index contributed by atoms with van der Waals surface area (Å²) in [5.74, 6) is -1.13. The fraction of sp³-hybridized carbons (Fsp3) is 0.368. The average molecular weight is 343 g/mol. The van der Waals surface area contributed by atoms with Gasteiger partial charge in [-0.2, -0.15) is 0 Å². The first-order valence-corrected chi connectivity index (χ1v) is 8.37. The molecule has 1 unspecified atom stereocenters. The molecule has 0 radical (unpaired) electrons. The molecule has 2 aromatic rings. The van der Waals surface area contributed by atoms with Gasteiger partial charge in [0.15, 0.2) is 5.76 Å². The summed E-state index contributed by atoms with van der Waals surface area (Å²) in [6.07, 6.45) is 2.12. The van der Waals surface area contributed by atoms with E-state index in [2.05, 4.69) is 0 Å². The Hall–Kier alpha value is -2.63. The van der Waals surface area contributed by atoms with Crippen molar-refractivity contribution in [1.82, 2.24) is 4.90 Å². The predicted molar refractivity (Wildman–Crippen MR) is 87.4 cm³/mol. The molecular weight excluding hydrogens is 325 g/mol. The summed E-state index contributed by atoms with van der Waals surface area (Å²) in [5, 5.41) is 9.13. The van der Waals surface area contributed by atoms with Gasteiger partial charge in [0, 0.05) is 13.1 Å². The number of rotatable bonds is 3. The summed E-state index contributed by atoms with van der Waals surface area (Å²) in [6.45, 7) is 1.05. The summed E-state index contributed by atoms with van der Waals surface area (Å²) in [5.41, 5.74) is 0.200. The number of carboxylic acid groups (broad SMARTS) is 1. The van der Waals surface area contributed by atoms with E-state index >= 15 is 0 Å². The highest BCUT2D eigenvalue weighted by Crippen LogP contribution is 2.59. The number of benzene rings is 1. The third-order valence-electron chi connectivity index (χ3n) is 5.49. The first-order valence-electron chi connectivity index (χ1n) is 8.37. The number of likely N-dealkylation sites (tertiary alicyclic amines) is 1. The molecule has 25 heavy (non-hydrogen) atoms. The Morgan fingerprint density at radius 3 is 2.52 bits per heavy atom. The highest BCUT2D eigenvalue weighted by atomic mass is 19.1. The average Bonchev–Trinajstić information content (AvgIpc) is 3.09. The first kappa shape index (κ1) is 15.9. The second kappa shape index (κ2) is 5.72. The van der Waals surface area contributed by atoms with Crippen LogP contribution >= 0.6 is 0 Å². The second-order valence-electron chi connectivity index (χ2n) is 6.89. The Bertz CT molecular complexity index is 835. The van der Waals surface area contributed by atoms with Crippen LogP contribution in [-0.2, 0) is 4.79 Å².